The van der Waals surface area contributed by atoms with E-state index in [0.717, 1.165) is 11.3 Å². The van der Waals surface area contributed by atoms with E-state index in [1.807, 2.05) is 20.8 Å². The Morgan fingerprint density at radius 1 is 1.38 bits per heavy atom. The van der Waals surface area contributed by atoms with E-state index in [4.69, 9.17) is 15.7 Å². The van der Waals surface area contributed by atoms with Gasteiger partial charge in [0.2, 0.25) is 11.8 Å². The largest absolute Gasteiger partial charge is 0.595 e. The van der Waals surface area contributed by atoms with E-state index in [2.05, 4.69) is 11.2 Å². The van der Waals surface area contributed by atoms with Crippen LogP contribution >= 0.6 is 0 Å². The quantitative estimate of drug-likeness (QED) is 0.705. The maximum atomic E-state index is 11.0. The lowest BCUT2D eigenvalue weighted by Gasteiger charge is -2.30. The highest BCUT2D eigenvalue weighted by Crippen LogP contribution is 2.44. The van der Waals surface area contributed by atoms with E-state index in [1.165, 1.54) is 12.1 Å². The normalized spacial score (nSPS) is 17.0. The van der Waals surface area contributed by atoms with Crippen molar-refractivity contribution in [3.05, 3.63) is 52.2 Å². The molecule has 0 bridgehead atoms. The fourth-order valence-electron chi connectivity index (χ4n) is 3.02. The summed E-state index contributed by atoms with van der Waals surface area (Å²) < 4.78 is 7.24. The van der Waals surface area contributed by atoms with Gasteiger partial charge in [0, 0.05) is 23.1 Å². The van der Waals surface area contributed by atoms with Gasteiger partial charge in [0.15, 0.2) is 5.69 Å². The highest BCUT2D eigenvalue weighted by molar-refractivity contribution is 5.55. The van der Waals surface area contributed by atoms with Crippen LogP contribution in [0.4, 0.5) is 5.69 Å². The minimum Gasteiger partial charge on any atom is -0.595 e. The lowest BCUT2D eigenvalue weighted by molar-refractivity contribution is -0.991. The van der Waals surface area contributed by atoms with Crippen LogP contribution in [0.5, 0.6) is 5.88 Å². The van der Waals surface area contributed by atoms with Gasteiger partial charge in [0.1, 0.15) is 6.07 Å². The number of aromatic nitrogens is 2. The number of allylic oxidation sites excluding steroid dienone is 1. The molecular formula is C16H17N5O3. The summed E-state index contributed by atoms with van der Waals surface area (Å²) in [4.78, 5) is 0. The maximum absolute atomic E-state index is 11.0. The molecule has 1 unspecified atom stereocenters. The Balaban J connectivity index is 2.15. The Morgan fingerprint density at radius 3 is 2.54 bits per heavy atom. The van der Waals surface area contributed by atoms with Gasteiger partial charge in [0.05, 0.1) is 17.0 Å². The summed E-state index contributed by atoms with van der Waals surface area (Å²) in [5.74, 6) is 0.496. The van der Waals surface area contributed by atoms with Crippen molar-refractivity contribution in [3.8, 4) is 17.6 Å². The van der Waals surface area contributed by atoms with Crippen LogP contribution in [0.3, 0.4) is 0 Å². The molecule has 1 aromatic carbocycles. The van der Waals surface area contributed by atoms with E-state index in [0.29, 0.717) is 17.1 Å². The Kier molecular flexibility index (Phi) is 3.57. The van der Waals surface area contributed by atoms with E-state index in [9.17, 15) is 10.5 Å². The van der Waals surface area contributed by atoms with Gasteiger partial charge in [-0.3, -0.25) is 0 Å². The number of hydrogen-bond acceptors (Lipinski definition) is 6. The van der Waals surface area contributed by atoms with Crippen molar-refractivity contribution in [3.63, 3.8) is 0 Å². The molecule has 4 N–H and O–H groups in total. The Morgan fingerprint density at radius 2 is 2.00 bits per heavy atom. The molecule has 1 aromatic heterocycles. The monoisotopic (exact) mass is 327 g/mol. The molecule has 0 saturated carbocycles. The van der Waals surface area contributed by atoms with Crippen molar-refractivity contribution < 1.29 is 15.2 Å². The SMILES string of the molecule is Cc1nn(-c2ccc([NH+]([O-])O)cc2)c2c1C(C)(C)C(C#N)=C(N)O2. The molecule has 3 rings (SSSR count). The van der Waals surface area contributed by atoms with Crippen LogP contribution in [0.2, 0.25) is 0 Å². The van der Waals surface area contributed by atoms with Crippen molar-refractivity contribution in [2.75, 3.05) is 0 Å². The predicted octanol–water partition coefficient (Wildman–Crippen LogP) is 0.948. The molecule has 1 aliphatic rings. The predicted molar refractivity (Wildman–Crippen MR) is 84.6 cm³/mol. The second kappa shape index (κ2) is 5.35. The summed E-state index contributed by atoms with van der Waals surface area (Å²) in [7, 11) is 0. The van der Waals surface area contributed by atoms with Crippen LogP contribution in [0.1, 0.15) is 25.1 Å². The first-order chi connectivity index (χ1) is 11.3. The van der Waals surface area contributed by atoms with Crippen molar-refractivity contribution in [1.29, 1.82) is 5.26 Å². The van der Waals surface area contributed by atoms with E-state index in [-0.39, 0.29) is 11.6 Å². The van der Waals surface area contributed by atoms with Crippen LogP contribution in [-0.4, -0.2) is 15.0 Å². The molecular weight excluding hydrogens is 310 g/mol. The second-order valence-electron chi connectivity index (χ2n) is 6.11. The highest BCUT2D eigenvalue weighted by atomic mass is 16.8. The summed E-state index contributed by atoms with van der Waals surface area (Å²) in [6, 6.07) is 8.39. The zero-order valence-electron chi connectivity index (χ0n) is 13.5. The first-order valence-electron chi connectivity index (χ1n) is 7.29. The first-order valence-corrected chi connectivity index (χ1v) is 7.29. The minimum absolute atomic E-state index is 0.0540. The lowest BCUT2D eigenvalue weighted by Crippen LogP contribution is -2.99. The molecule has 2 heterocycles. The summed E-state index contributed by atoms with van der Waals surface area (Å²) >= 11 is 0. The number of hydrogen-bond donors (Lipinski definition) is 3. The summed E-state index contributed by atoms with van der Waals surface area (Å²) in [6.07, 6.45) is 0. The third-order valence-electron chi connectivity index (χ3n) is 4.19. The van der Waals surface area contributed by atoms with Crippen molar-refractivity contribution in [1.82, 2.24) is 9.78 Å². The molecule has 0 radical (unpaired) electrons. The van der Waals surface area contributed by atoms with Gasteiger partial charge < -0.3 is 15.7 Å². The molecule has 24 heavy (non-hydrogen) atoms. The zero-order chi connectivity index (χ0) is 17.6. The fourth-order valence-corrected chi connectivity index (χ4v) is 3.02. The topological polar surface area (TPSA) is 125 Å². The number of ether oxygens (including phenoxy) is 1. The van der Waals surface area contributed by atoms with Crippen LogP contribution in [0.25, 0.3) is 5.69 Å². The summed E-state index contributed by atoms with van der Waals surface area (Å²) in [5.41, 5.74) is 7.99. The molecule has 0 spiro atoms. The van der Waals surface area contributed by atoms with Gasteiger partial charge in [0.25, 0.3) is 0 Å². The number of nitrogens with two attached hydrogens (primary N) is 1. The van der Waals surface area contributed by atoms with Gasteiger partial charge in [-0.2, -0.15) is 15.6 Å². The maximum Gasteiger partial charge on any atom is 0.228 e. The Bertz CT molecular complexity index is 872. The van der Waals surface area contributed by atoms with Crippen molar-refractivity contribution in [2.24, 2.45) is 5.73 Å². The minimum atomic E-state index is -0.997. The van der Waals surface area contributed by atoms with Crippen LogP contribution in [0.15, 0.2) is 35.7 Å². The lowest BCUT2D eigenvalue weighted by atomic mass is 9.77. The third-order valence-corrected chi connectivity index (χ3v) is 4.19. The number of nitrogens with zero attached hydrogens (tertiary/aromatic N) is 3. The van der Waals surface area contributed by atoms with E-state index < -0.39 is 10.6 Å². The Labute approximate surface area is 138 Å². The number of fused-ring (bicyclic) bond motifs is 1. The number of nitrogens with one attached hydrogen (secondary N) is 1. The van der Waals surface area contributed by atoms with Gasteiger partial charge >= 0.3 is 0 Å². The fraction of sp³-hybridized carbons (Fsp3) is 0.250. The van der Waals surface area contributed by atoms with Crippen molar-refractivity contribution >= 4 is 5.69 Å². The highest BCUT2D eigenvalue weighted by Gasteiger charge is 2.41. The molecule has 8 heteroatoms. The first kappa shape index (κ1) is 16.0. The smallest absolute Gasteiger partial charge is 0.228 e. The molecule has 0 aliphatic carbocycles. The average molecular weight is 327 g/mol. The number of quaternary nitrogens is 1. The number of aryl methyl sites for hydroxylation is 1. The standard InChI is InChI=1S/C16H17N5O3/c1-9-13-15(24-14(18)12(8-17)16(13,2)3)20(19-9)10-4-6-11(7-5-10)21(22)23/h4-7,21-22H,18H2,1-3H3. The molecule has 0 amide bonds. The number of rotatable bonds is 2. The molecule has 124 valence electrons. The molecule has 0 saturated heterocycles. The average Bonchev–Trinajstić information content (AvgIpc) is 2.84. The van der Waals surface area contributed by atoms with E-state index >= 15 is 0 Å². The summed E-state index contributed by atoms with van der Waals surface area (Å²) in [5, 5.41) is 32.8. The van der Waals surface area contributed by atoms with Crippen LogP contribution < -0.4 is 15.7 Å². The van der Waals surface area contributed by atoms with Gasteiger partial charge in [-0.25, -0.2) is 9.89 Å². The second-order valence-corrected chi connectivity index (χ2v) is 6.11. The van der Waals surface area contributed by atoms with Gasteiger partial charge in [-0.15, -0.1) is 0 Å². The molecule has 0 fully saturated rings. The molecule has 1 atom stereocenters. The van der Waals surface area contributed by atoms with Crippen molar-refractivity contribution in [2.45, 2.75) is 26.2 Å². The zero-order valence-corrected chi connectivity index (χ0v) is 13.5. The number of nitriles is 1. The van der Waals surface area contributed by atoms with Crippen LogP contribution in [0, 0.1) is 23.5 Å². The Hall–Kier alpha value is -2.86. The van der Waals surface area contributed by atoms with Crippen LogP contribution in [-0.2, 0) is 5.41 Å². The third kappa shape index (κ3) is 2.23. The summed E-state index contributed by atoms with van der Waals surface area (Å²) in [6.45, 7) is 5.63. The molecule has 1 aliphatic heterocycles. The molecule has 2 aromatic rings. The van der Waals surface area contributed by atoms with Gasteiger partial charge in [-0.1, -0.05) is 13.8 Å². The van der Waals surface area contributed by atoms with E-state index in [1.54, 1.807) is 16.8 Å². The molecule has 8 nitrogen and oxygen atoms in total. The number of benzene rings is 1. The van der Waals surface area contributed by atoms with Gasteiger partial charge in [-0.05, 0) is 19.1 Å².